The minimum Gasteiger partial charge on any atom is -0.463 e. The first-order chi connectivity index (χ1) is 11.5. The molecule has 0 radical (unpaired) electrons. The van der Waals surface area contributed by atoms with Crippen LogP contribution in [0.4, 0.5) is 0 Å². The predicted octanol–water partition coefficient (Wildman–Crippen LogP) is 2.56. The SMILES string of the molecule is CCCOC.CCOC.CCOCCOC.COCCOC(C)=O. The quantitative estimate of drug-likeness (QED) is 0.440. The van der Waals surface area contributed by atoms with Gasteiger partial charge in [0.1, 0.15) is 6.61 Å². The normalized spacial score (nSPS) is 8.67. The summed E-state index contributed by atoms with van der Waals surface area (Å²) in [5, 5.41) is 0. The summed E-state index contributed by atoms with van der Waals surface area (Å²) in [7, 11) is 6.62. The van der Waals surface area contributed by atoms with Gasteiger partial charge in [-0.15, -0.1) is 0 Å². The molecule has 0 aliphatic heterocycles. The van der Waals surface area contributed by atoms with Crippen LogP contribution >= 0.6 is 0 Å². The summed E-state index contributed by atoms with van der Waals surface area (Å²) in [5.74, 6) is -0.262. The van der Waals surface area contributed by atoms with E-state index >= 15 is 0 Å². The molecule has 0 rings (SSSR count). The van der Waals surface area contributed by atoms with Crippen LogP contribution in [0.3, 0.4) is 0 Å². The van der Waals surface area contributed by atoms with Crippen LogP contribution in [-0.2, 0) is 33.2 Å². The Hall–Kier alpha value is -0.730. The van der Waals surface area contributed by atoms with Crippen molar-refractivity contribution in [1.29, 1.82) is 0 Å². The van der Waals surface area contributed by atoms with E-state index in [2.05, 4.69) is 21.1 Å². The highest BCUT2D eigenvalue weighted by Gasteiger charge is 1.88. The number of ether oxygens (including phenoxy) is 6. The van der Waals surface area contributed by atoms with Crippen molar-refractivity contribution >= 4 is 5.97 Å². The lowest BCUT2D eigenvalue weighted by Gasteiger charge is -1.97. The maximum atomic E-state index is 10.0. The van der Waals surface area contributed by atoms with Gasteiger partial charge in [-0.2, -0.15) is 0 Å². The molecule has 0 spiro atoms. The highest BCUT2D eigenvalue weighted by atomic mass is 16.6. The zero-order chi connectivity index (χ0) is 19.5. The third-order valence-corrected chi connectivity index (χ3v) is 1.93. The van der Waals surface area contributed by atoms with Gasteiger partial charge in [-0.05, 0) is 20.3 Å². The van der Waals surface area contributed by atoms with Gasteiger partial charge in [0.15, 0.2) is 0 Å². The second kappa shape index (κ2) is 38.1. The Kier molecular flexibility index (Phi) is 49.3. The molecule has 7 heteroatoms. The van der Waals surface area contributed by atoms with E-state index in [1.165, 1.54) is 6.92 Å². The molecule has 0 aliphatic rings. The summed E-state index contributed by atoms with van der Waals surface area (Å²) in [5.41, 5.74) is 0. The van der Waals surface area contributed by atoms with Crippen molar-refractivity contribution in [3.05, 3.63) is 0 Å². The Morgan fingerprint density at radius 2 is 1.12 bits per heavy atom. The molecule has 0 saturated heterocycles. The third-order valence-electron chi connectivity index (χ3n) is 1.93. The van der Waals surface area contributed by atoms with Crippen LogP contribution in [0.1, 0.15) is 34.1 Å². The summed E-state index contributed by atoms with van der Waals surface area (Å²) in [6, 6.07) is 0. The van der Waals surface area contributed by atoms with Gasteiger partial charge in [0, 0.05) is 55.2 Å². The van der Waals surface area contributed by atoms with Gasteiger partial charge in [-0.3, -0.25) is 4.79 Å². The van der Waals surface area contributed by atoms with Crippen LogP contribution in [-0.4, -0.2) is 80.7 Å². The average Bonchev–Trinajstić information content (AvgIpc) is 2.57. The van der Waals surface area contributed by atoms with E-state index in [9.17, 15) is 4.79 Å². The van der Waals surface area contributed by atoms with Gasteiger partial charge in [-0.1, -0.05) is 6.92 Å². The third kappa shape index (κ3) is 68.8. The first-order valence-corrected chi connectivity index (χ1v) is 8.18. The lowest BCUT2D eigenvalue weighted by atomic mass is 10.5. The van der Waals surface area contributed by atoms with E-state index in [1.807, 2.05) is 13.8 Å². The van der Waals surface area contributed by atoms with E-state index in [0.717, 1.165) is 26.2 Å². The Morgan fingerprint density at radius 1 is 0.667 bits per heavy atom. The molecule has 0 aromatic rings. The largest absolute Gasteiger partial charge is 0.463 e. The Balaban J connectivity index is -0.000000115. The van der Waals surface area contributed by atoms with Crippen molar-refractivity contribution in [2.75, 3.05) is 74.7 Å². The molecular formula is C17H40O7. The van der Waals surface area contributed by atoms with Gasteiger partial charge in [-0.25, -0.2) is 0 Å². The minimum atomic E-state index is -0.262. The first kappa shape index (κ1) is 31.1. The van der Waals surface area contributed by atoms with Crippen molar-refractivity contribution < 1.29 is 33.2 Å². The van der Waals surface area contributed by atoms with Crippen LogP contribution in [0, 0.1) is 0 Å². The van der Waals surface area contributed by atoms with Crippen molar-refractivity contribution in [1.82, 2.24) is 0 Å². The molecule has 7 nitrogen and oxygen atoms in total. The molecular weight excluding hydrogens is 316 g/mol. The lowest BCUT2D eigenvalue weighted by Crippen LogP contribution is -2.05. The predicted molar refractivity (Wildman–Crippen MR) is 96.6 cm³/mol. The molecule has 0 fully saturated rings. The number of esters is 1. The maximum absolute atomic E-state index is 10.0. The van der Waals surface area contributed by atoms with Crippen LogP contribution in [0.15, 0.2) is 0 Å². The van der Waals surface area contributed by atoms with Crippen LogP contribution in [0.5, 0.6) is 0 Å². The molecule has 24 heavy (non-hydrogen) atoms. The molecule has 0 amide bonds. The van der Waals surface area contributed by atoms with Crippen molar-refractivity contribution in [2.24, 2.45) is 0 Å². The van der Waals surface area contributed by atoms with E-state index in [0.29, 0.717) is 26.4 Å². The summed E-state index contributed by atoms with van der Waals surface area (Å²) in [6.07, 6.45) is 1.12. The fourth-order valence-electron chi connectivity index (χ4n) is 0.759. The summed E-state index contributed by atoms with van der Waals surface area (Å²) in [6.45, 7) is 12.1. The number of carbonyl (C=O) groups excluding carboxylic acids is 1. The van der Waals surface area contributed by atoms with Gasteiger partial charge >= 0.3 is 5.97 Å². The monoisotopic (exact) mass is 356 g/mol. The second-order valence-corrected chi connectivity index (χ2v) is 4.09. The zero-order valence-corrected chi connectivity index (χ0v) is 17.0. The number of carbonyl (C=O) groups is 1. The number of rotatable bonds is 10. The van der Waals surface area contributed by atoms with Gasteiger partial charge in [0.25, 0.3) is 0 Å². The second-order valence-electron chi connectivity index (χ2n) is 4.09. The standard InChI is InChI=1S/C5H10O3.C5H12O2.C4H10O.C3H8O/c1-5(6)8-4-3-7-2;1-3-7-5-4-6-2;1-3-4-5-2;1-3-4-2/h3-4H2,1-2H3;3-5H2,1-2H3;3-4H2,1-2H3;3H2,1-2H3. The molecule has 0 heterocycles. The van der Waals surface area contributed by atoms with E-state index < -0.39 is 0 Å². The average molecular weight is 357 g/mol. The topological polar surface area (TPSA) is 72.5 Å². The Bertz CT molecular complexity index is 182. The minimum absolute atomic E-state index is 0.262. The molecule has 0 aromatic heterocycles. The van der Waals surface area contributed by atoms with Gasteiger partial charge < -0.3 is 28.4 Å². The first-order valence-electron chi connectivity index (χ1n) is 8.18. The highest BCUT2D eigenvalue weighted by Crippen LogP contribution is 1.75. The maximum Gasteiger partial charge on any atom is 0.302 e. The molecule has 0 bridgehead atoms. The molecule has 150 valence electrons. The van der Waals surface area contributed by atoms with E-state index in [-0.39, 0.29) is 5.97 Å². The van der Waals surface area contributed by atoms with Crippen molar-refractivity contribution in [3.8, 4) is 0 Å². The lowest BCUT2D eigenvalue weighted by molar-refractivity contribution is -0.142. The van der Waals surface area contributed by atoms with Crippen molar-refractivity contribution in [2.45, 2.75) is 34.1 Å². The fraction of sp³-hybridized carbons (Fsp3) is 0.941. The number of methoxy groups -OCH3 is 4. The highest BCUT2D eigenvalue weighted by molar-refractivity contribution is 5.65. The fourth-order valence-corrected chi connectivity index (χ4v) is 0.759. The van der Waals surface area contributed by atoms with Crippen LogP contribution in [0.25, 0.3) is 0 Å². The molecule has 0 unspecified atom stereocenters. The molecule has 0 N–H and O–H groups in total. The number of hydrogen-bond acceptors (Lipinski definition) is 7. The van der Waals surface area contributed by atoms with E-state index in [4.69, 9.17) is 14.2 Å². The van der Waals surface area contributed by atoms with Crippen LogP contribution in [0.2, 0.25) is 0 Å². The summed E-state index contributed by atoms with van der Waals surface area (Å²) < 4.78 is 28.0. The molecule has 0 atom stereocenters. The van der Waals surface area contributed by atoms with E-state index in [1.54, 1.807) is 28.4 Å². The van der Waals surface area contributed by atoms with Gasteiger partial charge in [0.05, 0.1) is 19.8 Å². The molecule has 0 aliphatic carbocycles. The molecule has 0 saturated carbocycles. The summed E-state index contributed by atoms with van der Waals surface area (Å²) >= 11 is 0. The Morgan fingerprint density at radius 3 is 1.38 bits per heavy atom. The summed E-state index contributed by atoms with van der Waals surface area (Å²) in [4.78, 5) is 10.0. The Labute approximate surface area is 148 Å². The smallest absolute Gasteiger partial charge is 0.302 e. The number of hydrogen-bond donors (Lipinski definition) is 0. The van der Waals surface area contributed by atoms with Crippen LogP contribution < -0.4 is 0 Å². The van der Waals surface area contributed by atoms with Crippen molar-refractivity contribution in [3.63, 3.8) is 0 Å². The zero-order valence-electron chi connectivity index (χ0n) is 17.0. The molecule has 0 aromatic carbocycles. The van der Waals surface area contributed by atoms with Gasteiger partial charge in [0.2, 0.25) is 0 Å².